The van der Waals surface area contributed by atoms with E-state index in [1.165, 1.54) is 0 Å². The van der Waals surface area contributed by atoms with Crippen molar-refractivity contribution >= 4 is 22.9 Å². The number of anilines is 1. The smallest absolute Gasteiger partial charge is 0.229 e. The summed E-state index contributed by atoms with van der Waals surface area (Å²) < 4.78 is 6.21. The standard InChI is InChI=1S/C24H20N2O2S/c27-22(16-21-12-7-15-29-21)26-20-13-14-23(25-17-20)28-24(18-8-3-1-4-9-18)19-10-5-2-6-11-19/h1-15,17,24H,16H2,(H,26,27). The van der Waals surface area contributed by atoms with E-state index >= 15 is 0 Å². The van der Waals surface area contributed by atoms with Gasteiger partial charge in [0.1, 0.15) is 0 Å². The van der Waals surface area contributed by atoms with Crippen LogP contribution in [0.4, 0.5) is 5.69 Å². The van der Waals surface area contributed by atoms with Crippen molar-refractivity contribution in [2.45, 2.75) is 12.5 Å². The van der Waals surface area contributed by atoms with Gasteiger partial charge in [0, 0.05) is 10.9 Å². The molecule has 0 unspecified atom stereocenters. The van der Waals surface area contributed by atoms with Crippen LogP contribution in [0.15, 0.2) is 96.5 Å². The number of ether oxygens (including phenoxy) is 1. The van der Waals surface area contributed by atoms with Gasteiger partial charge in [-0.15, -0.1) is 11.3 Å². The number of benzene rings is 2. The number of pyridine rings is 1. The van der Waals surface area contributed by atoms with Crippen LogP contribution >= 0.6 is 11.3 Å². The number of rotatable bonds is 7. The first kappa shape index (κ1) is 18.9. The molecule has 4 aromatic rings. The number of hydrogen-bond donors (Lipinski definition) is 1. The molecule has 0 aliphatic rings. The van der Waals surface area contributed by atoms with E-state index in [9.17, 15) is 4.79 Å². The maximum Gasteiger partial charge on any atom is 0.229 e. The average molecular weight is 401 g/mol. The van der Waals surface area contributed by atoms with E-state index in [0.29, 0.717) is 18.0 Å². The Morgan fingerprint density at radius 3 is 2.14 bits per heavy atom. The van der Waals surface area contributed by atoms with Gasteiger partial charge in [-0.1, -0.05) is 66.7 Å². The molecule has 0 saturated carbocycles. The Bertz CT molecular complexity index is 994. The Balaban J connectivity index is 1.46. The van der Waals surface area contributed by atoms with Crippen molar-refractivity contribution in [3.05, 3.63) is 113 Å². The Labute approximate surface area is 173 Å². The summed E-state index contributed by atoms with van der Waals surface area (Å²) in [7, 11) is 0. The first-order valence-electron chi connectivity index (χ1n) is 9.33. The summed E-state index contributed by atoms with van der Waals surface area (Å²) in [6.07, 6.45) is 1.72. The summed E-state index contributed by atoms with van der Waals surface area (Å²) in [5, 5.41) is 4.84. The second kappa shape index (κ2) is 9.17. The number of nitrogens with one attached hydrogen (secondary N) is 1. The van der Waals surface area contributed by atoms with Gasteiger partial charge in [-0.05, 0) is 28.6 Å². The van der Waals surface area contributed by atoms with Gasteiger partial charge < -0.3 is 10.1 Å². The zero-order chi connectivity index (χ0) is 19.9. The zero-order valence-corrected chi connectivity index (χ0v) is 16.5. The van der Waals surface area contributed by atoms with E-state index in [-0.39, 0.29) is 12.0 Å². The number of thiophene rings is 1. The largest absolute Gasteiger partial charge is 0.465 e. The van der Waals surface area contributed by atoms with Crippen LogP contribution in [0.2, 0.25) is 0 Å². The minimum absolute atomic E-state index is 0.0608. The second-order valence-corrected chi connectivity index (χ2v) is 7.54. The Morgan fingerprint density at radius 1 is 0.897 bits per heavy atom. The van der Waals surface area contributed by atoms with Crippen molar-refractivity contribution in [1.29, 1.82) is 0 Å². The summed E-state index contributed by atoms with van der Waals surface area (Å²) >= 11 is 1.57. The van der Waals surface area contributed by atoms with Crippen LogP contribution < -0.4 is 10.1 Å². The lowest BCUT2D eigenvalue weighted by Gasteiger charge is -2.19. The van der Waals surface area contributed by atoms with Crippen molar-refractivity contribution in [2.75, 3.05) is 5.32 Å². The van der Waals surface area contributed by atoms with Gasteiger partial charge in [0.25, 0.3) is 0 Å². The van der Waals surface area contributed by atoms with Crippen LogP contribution in [0.3, 0.4) is 0 Å². The minimum atomic E-state index is -0.260. The predicted octanol–water partition coefficient (Wildman–Crippen LogP) is 5.49. The predicted molar refractivity (Wildman–Crippen MR) is 116 cm³/mol. The number of amides is 1. The SMILES string of the molecule is O=C(Cc1cccs1)Nc1ccc(OC(c2ccccc2)c2ccccc2)nc1. The molecule has 0 bridgehead atoms. The fourth-order valence-corrected chi connectivity index (χ4v) is 3.71. The normalized spacial score (nSPS) is 10.7. The third kappa shape index (κ3) is 5.09. The zero-order valence-electron chi connectivity index (χ0n) is 15.7. The highest BCUT2D eigenvalue weighted by molar-refractivity contribution is 7.10. The molecule has 0 aliphatic carbocycles. The number of aromatic nitrogens is 1. The van der Waals surface area contributed by atoms with Crippen LogP contribution in [0, 0.1) is 0 Å². The molecular weight excluding hydrogens is 380 g/mol. The second-order valence-electron chi connectivity index (χ2n) is 6.51. The third-order valence-corrected chi connectivity index (χ3v) is 5.25. The number of nitrogens with zero attached hydrogens (tertiary/aromatic N) is 1. The van der Waals surface area contributed by atoms with E-state index in [1.807, 2.05) is 84.2 Å². The summed E-state index contributed by atoms with van der Waals surface area (Å²) in [5.74, 6) is 0.438. The average Bonchev–Trinajstić information content (AvgIpc) is 3.27. The minimum Gasteiger partial charge on any atom is -0.465 e. The molecule has 4 nitrogen and oxygen atoms in total. The lowest BCUT2D eigenvalue weighted by atomic mass is 10.0. The van der Waals surface area contributed by atoms with Gasteiger partial charge in [0.15, 0.2) is 6.10 Å². The quantitative estimate of drug-likeness (QED) is 0.446. The molecule has 2 aromatic heterocycles. The molecular formula is C24H20N2O2S. The van der Waals surface area contributed by atoms with Gasteiger partial charge in [0.05, 0.1) is 18.3 Å². The lowest BCUT2D eigenvalue weighted by Crippen LogP contribution is -2.14. The Hall–Kier alpha value is -3.44. The molecule has 4 rings (SSSR count). The van der Waals surface area contributed by atoms with Crippen LogP contribution in [0.5, 0.6) is 5.88 Å². The summed E-state index contributed by atoms with van der Waals surface area (Å²) in [6, 6.07) is 27.6. The Morgan fingerprint density at radius 2 is 1.59 bits per heavy atom. The highest BCUT2D eigenvalue weighted by Gasteiger charge is 2.16. The van der Waals surface area contributed by atoms with Crippen molar-refractivity contribution in [2.24, 2.45) is 0 Å². The first-order valence-corrected chi connectivity index (χ1v) is 10.2. The summed E-state index contributed by atoms with van der Waals surface area (Å²) in [6.45, 7) is 0. The highest BCUT2D eigenvalue weighted by Crippen LogP contribution is 2.27. The summed E-state index contributed by atoms with van der Waals surface area (Å²) in [4.78, 5) is 17.6. The van der Waals surface area contributed by atoms with Gasteiger partial charge in [-0.3, -0.25) is 4.79 Å². The van der Waals surface area contributed by atoms with Crippen LogP contribution in [0.1, 0.15) is 22.1 Å². The molecule has 1 amide bonds. The van der Waals surface area contributed by atoms with E-state index in [4.69, 9.17) is 4.74 Å². The molecule has 0 aliphatic heterocycles. The van der Waals surface area contributed by atoms with E-state index < -0.39 is 0 Å². The monoisotopic (exact) mass is 400 g/mol. The van der Waals surface area contributed by atoms with E-state index in [2.05, 4.69) is 10.3 Å². The molecule has 0 radical (unpaired) electrons. The fourth-order valence-electron chi connectivity index (χ4n) is 3.01. The van der Waals surface area contributed by atoms with Gasteiger partial charge in [-0.25, -0.2) is 4.98 Å². The van der Waals surface area contributed by atoms with Crippen molar-refractivity contribution in [3.8, 4) is 5.88 Å². The molecule has 144 valence electrons. The Kier molecular flexibility index (Phi) is 5.98. The topological polar surface area (TPSA) is 51.2 Å². The molecule has 0 fully saturated rings. The maximum absolute atomic E-state index is 12.1. The highest BCUT2D eigenvalue weighted by atomic mass is 32.1. The van der Waals surface area contributed by atoms with Gasteiger partial charge >= 0.3 is 0 Å². The molecule has 2 heterocycles. The van der Waals surface area contributed by atoms with Crippen LogP contribution in [-0.4, -0.2) is 10.9 Å². The fraction of sp³-hybridized carbons (Fsp3) is 0.0833. The number of carbonyl (C=O) groups is 1. The molecule has 2 aromatic carbocycles. The van der Waals surface area contributed by atoms with E-state index in [0.717, 1.165) is 16.0 Å². The molecule has 0 spiro atoms. The van der Waals surface area contributed by atoms with Crippen molar-refractivity contribution in [1.82, 2.24) is 4.98 Å². The summed E-state index contributed by atoms with van der Waals surface area (Å²) in [5.41, 5.74) is 2.75. The third-order valence-electron chi connectivity index (χ3n) is 4.38. The first-order chi connectivity index (χ1) is 14.3. The molecule has 29 heavy (non-hydrogen) atoms. The van der Waals surface area contributed by atoms with Crippen LogP contribution in [0.25, 0.3) is 0 Å². The number of carbonyl (C=O) groups excluding carboxylic acids is 1. The molecule has 0 atom stereocenters. The number of hydrogen-bond acceptors (Lipinski definition) is 4. The van der Waals surface area contributed by atoms with Crippen molar-refractivity contribution < 1.29 is 9.53 Å². The molecule has 1 N–H and O–H groups in total. The molecule has 5 heteroatoms. The van der Waals surface area contributed by atoms with Crippen molar-refractivity contribution in [3.63, 3.8) is 0 Å². The lowest BCUT2D eigenvalue weighted by molar-refractivity contribution is -0.115. The maximum atomic E-state index is 12.1. The molecule has 0 saturated heterocycles. The van der Waals surface area contributed by atoms with E-state index in [1.54, 1.807) is 23.6 Å². The van der Waals surface area contributed by atoms with Crippen LogP contribution in [-0.2, 0) is 11.2 Å². The van der Waals surface area contributed by atoms with Gasteiger partial charge in [-0.2, -0.15) is 0 Å². The van der Waals surface area contributed by atoms with Gasteiger partial charge in [0.2, 0.25) is 11.8 Å².